The van der Waals surface area contributed by atoms with Gasteiger partial charge in [-0.3, -0.25) is 9.59 Å². The SMILES string of the molecule is COc1ccc(N2CC(SC(C)=O)CC2=O)cc1F. The molecule has 1 saturated heterocycles. The molecule has 19 heavy (non-hydrogen) atoms. The van der Waals surface area contributed by atoms with Crippen molar-refractivity contribution in [3.05, 3.63) is 24.0 Å². The Morgan fingerprint density at radius 1 is 1.53 bits per heavy atom. The minimum atomic E-state index is -0.504. The summed E-state index contributed by atoms with van der Waals surface area (Å²) in [5.41, 5.74) is 0.495. The lowest BCUT2D eigenvalue weighted by Crippen LogP contribution is -2.25. The Hall–Kier alpha value is -1.56. The summed E-state index contributed by atoms with van der Waals surface area (Å²) < 4.78 is 18.5. The van der Waals surface area contributed by atoms with Crippen LogP contribution in [-0.4, -0.2) is 29.9 Å². The summed E-state index contributed by atoms with van der Waals surface area (Å²) in [5.74, 6) is -0.455. The number of hydrogen-bond acceptors (Lipinski definition) is 4. The number of ether oxygens (including phenoxy) is 1. The van der Waals surface area contributed by atoms with Crippen molar-refractivity contribution >= 4 is 28.5 Å². The number of amides is 1. The Balaban J connectivity index is 2.16. The highest BCUT2D eigenvalue weighted by Crippen LogP contribution is 2.30. The van der Waals surface area contributed by atoms with Gasteiger partial charge in [0.05, 0.1) is 7.11 Å². The van der Waals surface area contributed by atoms with Gasteiger partial charge in [-0.05, 0) is 12.1 Å². The minimum Gasteiger partial charge on any atom is -0.494 e. The van der Waals surface area contributed by atoms with E-state index >= 15 is 0 Å². The molecule has 1 unspecified atom stereocenters. The predicted octanol–water partition coefficient (Wildman–Crippen LogP) is 2.22. The zero-order chi connectivity index (χ0) is 14.0. The second kappa shape index (κ2) is 5.61. The number of nitrogens with zero attached hydrogens (tertiary/aromatic N) is 1. The monoisotopic (exact) mass is 283 g/mol. The topological polar surface area (TPSA) is 46.6 Å². The van der Waals surface area contributed by atoms with E-state index in [2.05, 4.69) is 0 Å². The summed E-state index contributed by atoms with van der Waals surface area (Å²) in [7, 11) is 1.39. The molecule has 1 aliphatic rings. The second-order valence-electron chi connectivity index (χ2n) is 4.26. The fourth-order valence-corrected chi connectivity index (χ4v) is 2.98. The van der Waals surface area contributed by atoms with Gasteiger partial charge < -0.3 is 9.64 Å². The largest absolute Gasteiger partial charge is 0.494 e. The average Bonchev–Trinajstić information content (AvgIpc) is 2.69. The normalized spacial score (nSPS) is 18.8. The molecule has 0 bridgehead atoms. The molecule has 1 fully saturated rings. The maximum Gasteiger partial charge on any atom is 0.228 e. The van der Waals surface area contributed by atoms with Crippen LogP contribution < -0.4 is 9.64 Å². The van der Waals surface area contributed by atoms with Gasteiger partial charge in [0.1, 0.15) is 0 Å². The summed E-state index contributed by atoms with van der Waals surface area (Å²) in [4.78, 5) is 24.4. The van der Waals surface area contributed by atoms with Crippen molar-refractivity contribution in [3.8, 4) is 5.75 Å². The third-order valence-electron chi connectivity index (χ3n) is 2.87. The summed E-state index contributed by atoms with van der Waals surface area (Å²) in [6, 6.07) is 4.40. The summed E-state index contributed by atoms with van der Waals surface area (Å²) >= 11 is 1.16. The Labute approximate surface area is 114 Å². The van der Waals surface area contributed by atoms with Gasteiger partial charge >= 0.3 is 0 Å². The third kappa shape index (κ3) is 3.07. The summed E-state index contributed by atoms with van der Waals surface area (Å²) in [6.07, 6.45) is 0.303. The Morgan fingerprint density at radius 2 is 2.26 bits per heavy atom. The van der Waals surface area contributed by atoms with Gasteiger partial charge in [0.15, 0.2) is 16.7 Å². The van der Waals surface area contributed by atoms with Crippen molar-refractivity contribution in [1.29, 1.82) is 0 Å². The molecule has 0 spiro atoms. The van der Waals surface area contributed by atoms with E-state index in [1.807, 2.05) is 0 Å². The lowest BCUT2D eigenvalue weighted by atomic mass is 10.2. The lowest BCUT2D eigenvalue weighted by molar-refractivity contribution is -0.117. The first-order valence-corrected chi connectivity index (χ1v) is 6.70. The molecule has 102 valence electrons. The van der Waals surface area contributed by atoms with Crippen molar-refractivity contribution < 1.29 is 18.7 Å². The molecular weight excluding hydrogens is 269 g/mol. The van der Waals surface area contributed by atoms with Crippen LogP contribution in [0.2, 0.25) is 0 Å². The van der Waals surface area contributed by atoms with Crippen LogP contribution in [-0.2, 0) is 9.59 Å². The van der Waals surface area contributed by atoms with Crippen LogP contribution in [0, 0.1) is 5.82 Å². The van der Waals surface area contributed by atoms with Crippen molar-refractivity contribution in [3.63, 3.8) is 0 Å². The summed E-state index contributed by atoms with van der Waals surface area (Å²) in [5, 5.41) is -0.0734. The lowest BCUT2D eigenvalue weighted by Gasteiger charge is -2.17. The number of carbonyl (C=O) groups excluding carboxylic acids is 2. The first-order valence-electron chi connectivity index (χ1n) is 5.82. The van der Waals surface area contributed by atoms with Crippen LogP contribution in [0.25, 0.3) is 0 Å². The molecule has 2 rings (SSSR count). The van der Waals surface area contributed by atoms with Crippen molar-refractivity contribution in [2.75, 3.05) is 18.6 Å². The number of methoxy groups -OCH3 is 1. The molecule has 1 aliphatic heterocycles. The Bertz CT molecular complexity index is 521. The average molecular weight is 283 g/mol. The number of hydrogen-bond donors (Lipinski definition) is 0. The number of halogens is 1. The number of anilines is 1. The van der Waals surface area contributed by atoms with Crippen LogP contribution in [0.1, 0.15) is 13.3 Å². The second-order valence-corrected chi connectivity index (χ2v) is 5.74. The molecule has 0 aromatic heterocycles. The predicted molar refractivity (Wildman–Crippen MR) is 72.0 cm³/mol. The summed E-state index contributed by atoms with van der Waals surface area (Å²) in [6.45, 7) is 1.90. The highest BCUT2D eigenvalue weighted by Gasteiger charge is 2.32. The molecule has 0 aliphatic carbocycles. The van der Waals surface area contributed by atoms with Crippen molar-refractivity contribution in [2.45, 2.75) is 18.6 Å². The maximum absolute atomic E-state index is 13.6. The molecule has 1 amide bonds. The van der Waals surface area contributed by atoms with Crippen LogP contribution in [0.5, 0.6) is 5.75 Å². The quantitative estimate of drug-likeness (QED) is 0.853. The van der Waals surface area contributed by atoms with Gasteiger partial charge in [0.2, 0.25) is 5.91 Å². The molecule has 1 heterocycles. The standard InChI is InChI=1S/C13H14FNO3S/c1-8(16)19-10-6-13(17)15(7-10)9-3-4-12(18-2)11(14)5-9/h3-5,10H,6-7H2,1-2H3. The van der Waals surface area contributed by atoms with Gasteiger partial charge in [-0.2, -0.15) is 0 Å². The van der Waals surface area contributed by atoms with Crippen LogP contribution >= 0.6 is 11.8 Å². The van der Waals surface area contributed by atoms with Gasteiger partial charge in [0.25, 0.3) is 0 Å². The van der Waals surface area contributed by atoms with Gasteiger partial charge in [-0.1, -0.05) is 11.8 Å². The maximum atomic E-state index is 13.6. The Morgan fingerprint density at radius 3 is 2.84 bits per heavy atom. The fourth-order valence-electron chi connectivity index (χ4n) is 2.06. The van der Waals surface area contributed by atoms with E-state index < -0.39 is 5.82 Å². The van der Waals surface area contributed by atoms with Gasteiger partial charge in [-0.15, -0.1) is 0 Å². The van der Waals surface area contributed by atoms with E-state index in [1.54, 1.807) is 6.07 Å². The first-order chi connectivity index (χ1) is 9.01. The molecule has 0 radical (unpaired) electrons. The van der Waals surface area contributed by atoms with Gasteiger partial charge in [-0.25, -0.2) is 4.39 Å². The third-order valence-corrected chi connectivity index (χ3v) is 3.85. The van der Waals surface area contributed by atoms with E-state index in [-0.39, 0.29) is 22.0 Å². The first kappa shape index (κ1) is 13.9. The van der Waals surface area contributed by atoms with Crippen LogP contribution in [0.4, 0.5) is 10.1 Å². The van der Waals surface area contributed by atoms with Crippen molar-refractivity contribution in [1.82, 2.24) is 0 Å². The zero-order valence-electron chi connectivity index (χ0n) is 10.7. The number of rotatable bonds is 3. The highest BCUT2D eigenvalue weighted by molar-refractivity contribution is 8.14. The Kier molecular flexibility index (Phi) is 4.09. The fraction of sp³-hybridized carbons (Fsp3) is 0.385. The van der Waals surface area contributed by atoms with E-state index in [4.69, 9.17) is 4.74 Å². The smallest absolute Gasteiger partial charge is 0.228 e. The van der Waals surface area contributed by atoms with Crippen LogP contribution in [0.15, 0.2) is 18.2 Å². The highest BCUT2D eigenvalue weighted by atomic mass is 32.2. The van der Waals surface area contributed by atoms with E-state index in [9.17, 15) is 14.0 Å². The molecule has 4 nitrogen and oxygen atoms in total. The zero-order valence-corrected chi connectivity index (χ0v) is 11.5. The molecule has 1 atom stereocenters. The number of carbonyl (C=O) groups is 2. The van der Waals surface area contributed by atoms with E-state index in [0.29, 0.717) is 18.7 Å². The van der Waals surface area contributed by atoms with Crippen LogP contribution in [0.3, 0.4) is 0 Å². The molecule has 6 heteroatoms. The molecule has 0 saturated carbocycles. The van der Waals surface area contributed by atoms with E-state index in [1.165, 1.54) is 31.1 Å². The number of thioether (sulfide) groups is 1. The molecule has 0 N–H and O–H groups in total. The molecular formula is C13H14FNO3S. The van der Waals surface area contributed by atoms with Crippen molar-refractivity contribution in [2.24, 2.45) is 0 Å². The molecule has 1 aromatic rings. The minimum absolute atomic E-state index is 0.0134. The van der Waals surface area contributed by atoms with Gasteiger partial charge in [0, 0.05) is 36.9 Å². The molecule has 1 aromatic carbocycles. The number of benzene rings is 1. The van der Waals surface area contributed by atoms with E-state index in [0.717, 1.165) is 11.8 Å².